The van der Waals surface area contributed by atoms with Crippen molar-refractivity contribution in [3.63, 3.8) is 0 Å². The molecule has 3 unspecified atom stereocenters. The van der Waals surface area contributed by atoms with Crippen molar-refractivity contribution in [1.82, 2.24) is 10.2 Å². The highest BCUT2D eigenvalue weighted by Gasteiger charge is 2.36. The standard InChI is InChI=1S/C17H36N2O/c1-6-10-18-13-17(9-7-8-15(2)11-17)14-19(4)16(3)12-20-5/h15-16,18H,6-14H2,1-5H3. The molecule has 0 amide bonds. The largest absolute Gasteiger partial charge is 0.383 e. The smallest absolute Gasteiger partial charge is 0.0615 e. The first kappa shape index (κ1) is 17.9. The molecule has 0 aliphatic heterocycles. The quantitative estimate of drug-likeness (QED) is 0.658. The molecule has 0 aromatic heterocycles. The molecule has 3 heteroatoms. The average Bonchev–Trinajstić information content (AvgIpc) is 2.39. The molecule has 0 bridgehead atoms. The molecule has 3 atom stereocenters. The number of ether oxygens (including phenoxy) is 1. The molecule has 1 aliphatic carbocycles. The van der Waals surface area contributed by atoms with Crippen LogP contribution in [0.1, 0.15) is 52.9 Å². The molecule has 1 saturated carbocycles. The topological polar surface area (TPSA) is 24.5 Å². The average molecular weight is 284 g/mol. The van der Waals surface area contributed by atoms with Crippen LogP contribution in [0.25, 0.3) is 0 Å². The van der Waals surface area contributed by atoms with E-state index in [2.05, 4.69) is 38.0 Å². The number of likely N-dealkylation sites (N-methyl/N-ethyl adjacent to an activating group) is 1. The first-order valence-electron chi connectivity index (χ1n) is 8.43. The van der Waals surface area contributed by atoms with Gasteiger partial charge in [0.15, 0.2) is 0 Å². The Balaban J connectivity index is 2.61. The van der Waals surface area contributed by atoms with E-state index in [1.807, 2.05) is 0 Å². The Labute approximate surface area is 126 Å². The predicted molar refractivity (Wildman–Crippen MR) is 87.2 cm³/mol. The summed E-state index contributed by atoms with van der Waals surface area (Å²) in [5.74, 6) is 0.873. The van der Waals surface area contributed by atoms with Gasteiger partial charge in [0.2, 0.25) is 0 Å². The van der Waals surface area contributed by atoms with E-state index < -0.39 is 0 Å². The van der Waals surface area contributed by atoms with Gasteiger partial charge < -0.3 is 15.0 Å². The summed E-state index contributed by atoms with van der Waals surface area (Å²) in [7, 11) is 4.05. The number of nitrogens with zero attached hydrogens (tertiary/aromatic N) is 1. The molecule has 120 valence electrons. The van der Waals surface area contributed by atoms with Crippen LogP contribution in [-0.2, 0) is 4.74 Å². The zero-order valence-corrected chi connectivity index (χ0v) is 14.4. The van der Waals surface area contributed by atoms with Crippen molar-refractivity contribution in [2.24, 2.45) is 11.3 Å². The van der Waals surface area contributed by atoms with Crippen molar-refractivity contribution in [3.05, 3.63) is 0 Å². The zero-order chi connectivity index (χ0) is 15.0. The van der Waals surface area contributed by atoms with Crippen molar-refractivity contribution in [3.8, 4) is 0 Å². The number of hydrogen-bond acceptors (Lipinski definition) is 3. The predicted octanol–water partition coefficient (Wildman–Crippen LogP) is 3.15. The van der Waals surface area contributed by atoms with Crippen molar-refractivity contribution in [1.29, 1.82) is 0 Å². The van der Waals surface area contributed by atoms with Gasteiger partial charge in [-0.05, 0) is 51.1 Å². The molecule has 1 aliphatic rings. The minimum atomic E-state index is 0.462. The highest BCUT2D eigenvalue weighted by Crippen LogP contribution is 2.39. The fourth-order valence-corrected chi connectivity index (χ4v) is 3.71. The normalized spacial score (nSPS) is 28.8. The fourth-order valence-electron chi connectivity index (χ4n) is 3.71. The number of rotatable bonds is 9. The summed E-state index contributed by atoms with van der Waals surface area (Å²) in [4.78, 5) is 2.50. The molecule has 0 heterocycles. The molecular formula is C17H36N2O. The highest BCUT2D eigenvalue weighted by atomic mass is 16.5. The second-order valence-corrected chi connectivity index (χ2v) is 7.10. The van der Waals surface area contributed by atoms with Crippen LogP contribution in [-0.4, -0.2) is 51.3 Å². The lowest BCUT2D eigenvalue weighted by atomic mass is 9.69. The summed E-state index contributed by atoms with van der Waals surface area (Å²) < 4.78 is 5.31. The molecule has 0 saturated heterocycles. The molecule has 0 radical (unpaired) electrons. The van der Waals surface area contributed by atoms with Crippen LogP contribution in [0.3, 0.4) is 0 Å². The Morgan fingerprint density at radius 1 is 1.45 bits per heavy atom. The maximum absolute atomic E-state index is 5.31. The fraction of sp³-hybridized carbons (Fsp3) is 1.00. The summed E-state index contributed by atoms with van der Waals surface area (Å²) in [6.07, 6.45) is 6.77. The summed E-state index contributed by atoms with van der Waals surface area (Å²) in [5, 5.41) is 3.68. The maximum Gasteiger partial charge on any atom is 0.0615 e. The summed E-state index contributed by atoms with van der Waals surface area (Å²) in [6, 6.07) is 0.500. The molecule has 1 N–H and O–H groups in total. The Bertz CT molecular complexity index is 259. The van der Waals surface area contributed by atoms with Crippen molar-refractivity contribution in [2.75, 3.05) is 40.4 Å². The Morgan fingerprint density at radius 3 is 2.80 bits per heavy atom. The molecule has 20 heavy (non-hydrogen) atoms. The third kappa shape index (κ3) is 5.71. The van der Waals surface area contributed by atoms with Gasteiger partial charge in [0.25, 0.3) is 0 Å². The molecule has 0 aromatic carbocycles. The molecule has 1 rings (SSSR count). The van der Waals surface area contributed by atoms with Gasteiger partial charge in [-0.1, -0.05) is 26.7 Å². The molecule has 1 fully saturated rings. The summed E-state index contributed by atoms with van der Waals surface area (Å²) in [5.41, 5.74) is 0.462. The number of nitrogens with one attached hydrogen (secondary N) is 1. The van der Waals surface area contributed by atoms with Gasteiger partial charge in [-0.15, -0.1) is 0 Å². The van der Waals surface area contributed by atoms with Gasteiger partial charge in [0.05, 0.1) is 6.61 Å². The number of hydrogen-bond donors (Lipinski definition) is 1. The molecular weight excluding hydrogens is 248 g/mol. The molecule has 0 aromatic rings. The van der Waals surface area contributed by atoms with Gasteiger partial charge in [-0.25, -0.2) is 0 Å². The lowest BCUT2D eigenvalue weighted by molar-refractivity contribution is 0.0497. The van der Waals surface area contributed by atoms with E-state index in [0.29, 0.717) is 11.5 Å². The second kappa shape index (κ2) is 9.01. The van der Waals surface area contributed by atoms with E-state index in [4.69, 9.17) is 4.74 Å². The van der Waals surface area contributed by atoms with Crippen molar-refractivity contribution >= 4 is 0 Å². The van der Waals surface area contributed by atoms with Crippen LogP contribution < -0.4 is 5.32 Å². The van der Waals surface area contributed by atoms with Gasteiger partial charge >= 0.3 is 0 Å². The van der Waals surface area contributed by atoms with Gasteiger partial charge in [-0.2, -0.15) is 0 Å². The van der Waals surface area contributed by atoms with Crippen LogP contribution in [0.5, 0.6) is 0 Å². The van der Waals surface area contributed by atoms with E-state index in [1.165, 1.54) is 45.2 Å². The number of methoxy groups -OCH3 is 1. The van der Waals surface area contributed by atoms with Crippen LogP contribution in [0, 0.1) is 11.3 Å². The minimum absolute atomic E-state index is 0.462. The minimum Gasteiger partial charge on any atom is -0.383 e. The van der Waals surface area contributed by atoms with E-state index in [9.17, 15) is 0 Å². The summed E-state index contributed by atoms with van der Waals surface area (Å²) in [6.45, 7) is 11.3. The maximum atomic E-state index is 5.31. The monoisotopic (exact) mass is 284 g/mol. The third-order valence-corrected chi connectivity index (χ3v) is 4.86. The van der Waals surface area contributed by atoms with E-state index in [-0.39, 0.29) is 0 Å². The third-order valence-electron chi connectivity index (χ3n) is 4.86. The zero-order valence-electron chi connectivity index (χ0n) is 14.4. The van der Waals surface area contributed by atoms with Crippen LogP contribution in [0.15, 0.2) is 0 Å². The van der Waals surface area contributed by atoms with E-state index in [1.54, 1.807) is 7.11 Å². The Morgan fingerprint density at radius 2 is 2.20 bits per heavy atom. The lowest BCUT2D eigenvalue weighted by Crippen LogP contribution is -2.48. The van der Waals surface area contributed by atoms with E-state index >= 15 is 0 Å². The van der Waals surface area contributed by atoms with E-state index in [0.717, 1.165) is 19.1 Å². The highest BCUT2D eigenvalue weighted by molar-refractivity contribution is 4.90. The molecule has 0 spiro atoms. The van der Waals surface area contributed by atoms with Gasteiger partial charge in [0, 0.05) is 26.2 Å². The Hall–Kier alpha value is -0.120. The van der Waals surface area contributed by atoms with Crippen LogP contribution >= 0.6 is 0 Å². The van der Waals surface area contributed by atoms with Crippen molar-refractivity contribution < 1.29 is 4.74 Å². The lowest BCUT2D eigenvalue weighted by Gasteiger charge is -2.44. The van der Waals surface area contributed by atoms with Gasteiger partial charge in [-0.3, -0.25) is 0 Å². The first-order valence-corrected chi connectivity index (χ1v) is 8.43. The Kier molecular flexibility index (Phi) is 8.08. The van der Waals surface area contributed by atoms with Crippen LogP contribution in [0.4, 0.5) is 0 Å². The second-order valence-electron chi connectivity index (χ2n) is 7.10. The SMILES string of the molecule is CCCNCC1(CN(C)C(C)COC)CCCC(C)C1. The van der Waals surface area contributed by atoms with Crippen molar-refractivity contribution in [2.45, 2.75) is 58.9 Å². The summed E-state index contributed by atoms with van der Waals surface area (Å²) >= 11 is 0. The van der Waals surface area contributed by atoms with Crippen LogP contribution in [0.2, 0.25) is 0 Å². The van der Waals surface area contributed by atoms with Gasteiger partial charge in [0.1, 0.15) is 0 Å². The first-order chi connectivity index (χ1) is 9.53. The molecule has 3 nitrogen and oxygen atoms in total.